The summed E-state index contributed by atoms with van der Waals surface area (Å²) in [5, 5.41) is 2.72. The molecule has 0 unspecified atom stereocenters. The summed E-state index contributed by atoms with van der Waals surface area (Å²) < 4.78 is 19.1. The van der Waals surface area contributed by atoms with E-state index in [1.54, 1.807) is 13.8 Å². The van der Waals surface area contributed by atoms with Gasteiger partial charge in [0.1, 0.15) is 12.2 Å². The molecule has 9 nitrogen and oxygen atoms in total. The monoisotopic (exact) mass is 339 g/mol. The highest BCUT2D eigenvalue weighted by Gasteiger charge is 2.55. The maximum atomic E-state index is 12.1. The molecule has 0 saturated carbocycles. The maximum Gasteiger partial charge on any atom is 0.330 e. The Balaban J connectivity index is 1.83. The largest absolute Gasteiger partial charge is 0.356 e. The molecule has 0 radical (unpaired) electrons. The number of aromatic nitrogens is 2. The van der Waals surface area contributed by atoms with E-state index in [1.807, 2.05) is 0 Å². The van der Waals surface area contributed by atoms with E-state index in [0.717, 1.165) is 0 Å². The fourth-order valence-electron chi connectivity index (χ4n) is 3.13. The number of aromatic amines is 1. The van der Waals surface area contributed by atoms with Gasteiger partial charge in [-0.15, -0.1) is 0 Å². The molecular formula is C15H21N3O6. The van der Waals surface area contributed by atoms with Crippen molar-refractivity contribution in [2.75, 3.05) is 6.54 Å². The van der Waals surface area contributed by atoms with E-state index in [0.29, 0.717) is 13.0 Å². The van der Waals surface area contributed by atoms with Crippen LogP contribution in [0.15, 0.2) is 21.9 Å². The minimum absolute atomic E-state index is 0.123. The van der Waals surface area contributed by atoms with Gasteiger partial charge >= 0.3 is 5.69 Å². The number of carbonyl (C=O) groups excluding carboxylic acids is 1. The first-order valence-corrected chi connectivity index (χ1v) is 7.84. The molecule has 0 bridgehead atoms. The molecule has 2 aliphatic heterocycles. The van der Waals surface area contributed by atoms with Gasteiger partial charge in [-0.1, -0.05) is 0 Å². The third-order valence-corrected chi connectivity index (χ3v) is 4.05. The van der Waals surface area contributed by atoms with E-state index in [4.69, 9.17) is 14.2 Å². The van der Waals surface area contributed by atoms with Crippen molar-refractivity contribution in [2.45, 2.75) is 57.5 Å². The number of fused-ring (bicyclic) bond motifs is 1. The molecule has 2 aliphatic rings. The topological polar surface area (TPSA) is 112 Å². The van der Waals surface area contributed by atoms with Crippen LogP contribution in [0.1, 0.15) is 33.4 Å². The predicted octanol–water partition coefficient (Wildman–Crippen LogP) is -0.520. The molecule has 0 aromatic carbocycles. The highest BCUT2D eigenvalue weighted by atomic mass is 16.8. The third kappa shape index (κ3) is 3.28. The molecule has 2 saturated heterocycles. The molecule has 1 amide bonds. The summed E-state index contributed by atoms with van der Waals surface area (Å²) in [6.07, 6.45) is 0.0159. The number of ether oxygens (including phenoxy) is 3. The lowest BCUT2D eigenvalue weighted by Gasteiger charge is -2.24. The SMILES string of the molecule is CC(=O)NCC[C@H]1O[C@@H](n2ccc(=O)[nH]c2=O)[C@@H]2OC(C)(C)O[C@@H]21. The summed E-state index contributed by atoms with van der Waals surface area (Å²) in [5.41, 5.74) is -1.04. The quantitative estimate of drug-likeness (QED) is 0.763. The Hall–Kier alpha value is -1.97. The van der Waals surface area contributed by atoms with Crippen LogP contribution in [0.2, 0.25) is 0 Å². The third-order valence-electron chi connectivity index (χ3n) is 4.05. The predicted molar refractivity (Wildman–Crippen MR) is 82.4 cm³/mol. The number of carbonyl (C=O) groups is 1. The van der Waals surface area contributed by atoms with Crippen LogP contribution in [-0.4, -0.2) is 46.1 Å². The zero-order valence-electron chi connectivity index (χ0n) is 13.8. The smallest absolute Gasteiger partial charge is 0.330 e. The van der Waals surface area contributed by atoms with Gasteiger partial charge in [0.2, 0.25) is 5.91 Å². The average molecular weight is 339 g/mol. The second-order valence-electron chi connectivity index (χ2n) is 6.42. The molecule has 24 heavy (non-hydrogen) atoms. The number of hydrogen-bond donors (Lipinski definition) is 2. The van der Waals surface area contributed by atoms with Gasteiger partial charge in [0.25, 0.3) is 5.56 Å². The maximum absolute atomic E-state index is 12.1. The molecule has 2 N–H and O–H groups in total. The highest BCUT2D eigenvalue weighted by Crippen LogP contribution is 2.43. The second kappa shape index (κ2) is 6.15. The Labute approximate surface area is 137 Å². The lowest BCUT2D eigenvalue weighted by molar-refractivity contribution is -0.197. The van der Waals surface area contributed by atoms with Crippen molar-refractivity contribution in [3.8, 4) is 0 Å². The summed E-state index contributed by atoms with van der Waals surface area (Å²) >= 11 is 0. The van der Waals surface area contributed by atoms with Crippen LogP contribution in [0.25, 0.3) is 0 Å². The lowest BCUT2D eigenvalue weighted by atomic mass is 10.1. The standard InChI is InChI=1S/C15H21N3O6/c1-8(19)16-6-4-9-11-12(24-15(2,3)23-11)13(22-9)18-7-5-10(20)17-14(18)21/h5,7,9,11-13H,4,6H2,1-3H3,(H,16,19)(H,17,20,21)/t9-,11-,12-,13-/m1/s1. The molecule has 9 heteroatoms. The second-order valence-corrected chi connectivity index (χ2v) is 6.42. The molecule has 2 fully saturated rings. The van der Waals surface area contributed by atoms with E-state index < -0.39 is 29.4 Å². The number of hydrogen-bond acceptors (Lipinski definition) is 6. The number of amides is 1. The molecule has 3 heterocycles. The van der Waals surface area contributed by atoms with Crippen molar-refractivity contribution in [1.82, 2.24) is 14.9 Å². The first-order valence-electron chi connectivity index (χ1n) is 7.84. The van der Waals surface area contributed by atoms with Crippen LogP contribution in [0.5, 0.6) is 0 Å². The van der Waals surface area contributed by atoms with E-state index in [2.05, 4.69) is 10.3 Å². The van der Waals surface area contributed by atoms with Gasteiger partial charge in [0.05, 0.1) is 6.10 Å². The zero-order chi connectivity index (χ0) is 17.5. The average Bonchev–Trinajstić information content (AvgIpc) is 2.93. The minimum atomic E-state index is -0.796. The summed E-state index contributed by atoms with van der Waals surface area (Å²) in [5.74, 6) is -0.919. The van der Waals surface area contributed by atoms with E-state index in [-0.39, 0.29) is 18.1 Å². The Kier molecular flexibility index (Phi) is 4.33. The van der Waals surface area contributed by atoms with Gasteiger partial charge in [-0.25, -0.2) is 4.79 Å². The lowest BCUT2D eigenvalue weighted by Crippen LogP contribution is -2.37. The van der Waals surface area contributed by atoms with E-state index in [1.165, 1.54) is 23.8 Å². The zero-order valence-corrected chi connectivity index (χ0v) is 13.8. The van der Waals surface area contributed by atoms with Gasteiger partial charge in [0, 0.05) is 25.7 Å². The fraction of sp³-hybridized carbons (Fsp3) is 0.667. The summed E-state index contributed by atoms with van der Waals surface area (Å²) in [6.45, 7) is 5.46. The van der Waals surface area contributed by atoms with Crippen LogP contribution in [0.3, 0.4) is 0 Å². The van der Waals surface area contributed by atoms with E-state index in [9.17, 15) is 14.4 Å². The van der Waals surface area contributed by atoms with E-state index >= 15 is 0 Å². The van der Waals surface area contributed by atoms with Crippen LogP contribution in [-0.2, 0) is 19.0 Å². The molecule has 1 aromatic rings. The summed E-state index contributed by atoms with van der Waals surface area (Å²) in [7, 11) is 0. The van der Waals surface area contributed by atoms with Gasteiger partial charge in [-0.05, 0) is 20.3 Å². The molecular weight excluding hydrogens is 318 g/mol. The molecule has 3 rings (SSSR count). The Morgan fingerprint density at radius 1 is 1.33 bits per heavy atom. The molecule has 1 aromatic heterocycles. The van der Waals surface area contributed by atoms with Crippen molar-refractivity contribution in [1.29, 1.82) is 0 Å². The van der Waals surface area contributed by atoms with Crippen molar-refractivity contribution >= 4 is 5.91 Å². The van der Waals surface area contributed by atoms with Crippen LogP contribution < -0.4 is 16.6 Å². The van der Waals surface area contributed by atoms with Crippen molar-refractivity contribution < 1.29 is 19.0 Å². The van der Waals surface area contributed by atoms with Gasteiger partial charge in [0.15, 0.2) is 12.0 Å². The fourth-order valence-corrected chi connectivity index (χ4v) is 3.13. The summed E-state index contributed by atoms with van der Waals surface area (Å²) in [6, 6.07) is 1.26. The van der Waals surface area contributed by atoms with Gasteiger partial charge in [-0.2, -0.15) is 0 Å². The normalized spacial score (nSPS) is 31.0. The minimum Gasteiger partial charge on any atom is -0.356 e. The number of rotatable bonds is 4. The molecule has 4 atom stereocenters. The van der Waals surface area contributed by atoms with Crippen LogP contribution in [0.4, 0.5) is 0 Å². The van der Waals surface area contributed by atoms with Crippen LogP contribution in [0, 0.1) is 0 Å². The van der Waals surface area contributed by atoms with Crippen molar-refractivity contribution in [3.05, 3.63) is 33.1 Å². The Bertz CT molecular complexity index is 739. The van der Waals surface area contributed by atoms with Crippen LogP contribution >= 0.6 is 0 Å². The number of H-pyrrole nitrogens is 1. The summed E-state index contributed by atoms with van der Waals surface area (Å²) in [4.78, 5) is 36.5. The van der Waals surface area contributed by atoms with Gasteiger partial charge in [-0.3, -0.25) is 19.1 Å². The molecule has 0 spiro atoms. The highest BCUT2D eigenvalue weighted by molar-refractivity contribution is 5.72. The molecule has 132 valence electrons. The number of nitrogens with one attached hydrogen (secondary N) is 2. The van der Waals surface area contributed by atoms with Crippen molar-refractivity contribution in [2.24, 2.45) is 0 Å². The van der Waals surface area contributed by atoms with Crippen molar-refractivity contribution in [3.63, 3.8) is 0 Å². The first kappa shape index (κ1) is 16.9. The first-order chi connectivity index (χ1) is 11.3. The number of nitrogens with zero attached hydrogens (tertiary/aromatic N) is 1. The van der Waals surface area contributed by atoms with Gasteiger partial charge < -0.3 is 19.5 Å². The Morgan fingerprint density at radius 3 is 2.71 bits per heavy atom. The molecule has 0 aliphatic carbocycles. The Morgan fingerprint density at radius 2 is 2.04 bits per heavy atom.